The Morgan fingerprint density at radius 2 is 1.68 bits per heavy atom. The van der Waals surface area contributed by atoms with E-state index in [0.717, 1.165) is 27.9 Å². The zero-order chi connectivity index (χ0) is 19.2. The highest BCUT2D eigenvalue weighted by Gasteiger charge is 2.07. The Morgan fingerprint density at radius 1 is 0.929 bits per heavy atom. The molecule has 0 unspecified atom stereocenters. The minimum atomic E-state index is -0.263. The smallest absolute Gasteiger partial charge is 0.142 e. The number of hydrogen-bond acceptors (Lipinski definition) is 3. The van der Waals surface area contributed by atoms with Crippen molar-refractivity contribution in [2.45, 2.75) is 6.61 Å². The quantitative estimate of drug-likeness (QED) is 0.444. The van der Waals surface area contributed by atoms with Gasteiger partial charge in [-0.15, -0.1) is 9.94 Å². The normalized spacial score (nSPS) is 11.0. The van der Waals surface area contributed by atoms with Crippen molar-refractivity contribution < 1.29 is 9.23 Å². The molecule has 3 aromatic carbocycles. The van der Waals surface area contributed by atoms with Gasteiger partial charge in [-0.25, -0.2) is 4.39 Å². The van der Waals surface area contributed by atoms with Crippen molar-refractivity contribution >= 4 is 11.9 Å². The van der Waals surface area contributed by atoms with Gasteiger partial charge in [0.05, 0.1) is 18.1 Å². The van der Waals surface area contributed by atoms with Gasteiger partial charge in [0.1, 0.15) is 12.4 Å². The number of hydrogen-bond donors (Lipinski definition) is 0. The predicted molar refractivity (Wildman–Crippen MR) is 108 cm³/mol. The summed E-state index contributed by atoms with van der Waals surface area (Å²) in [5, 5.41) is 4.28. The Balaban J connectivity index is 1.52. The van der Waals surface area contributed by atoms with Crippen LogP contribution in [0.1, 0.15) is 11.1 Å². The van der Waals surface area contributed by atoms with Gasteiger partial charge in [-0.05, 0) is 29.3 Å². The summed E-state index contributed by atoms with van der Waals surface area (Å²) < 4.78 is 13.0. The third-order valence-corrected chi connectivity index (χ3v) is 4.20. The summed E-state index contributed by atoms with van der Waals surface area (Å²) in [4.78, 5) is 11.7. The molecule has 4 nitrogen and oxygen atoms in total. The van der Waals surface area contributed by atoms with Gasteiger partial charge in [0, 0.05) is 17.3 Å². The van der Waals surface area contributed by atoms with Crippen LogP contribution < -0.4 is 4.84 Å². The summed E-state index contributed by atoms with van der Waals surface area (Å²) in [6.45, 7) is 0.437. The predicted octanol–water partition coefficient (Wildman–Crippen LogP) is 5.07. The Labute approximate surface area is 162 Å². The number of aromatic nitrogens is 2. The molecule has 0 N–H and O–H groups in total. The van der Waals surface area contributed by atoms with Crippen molar-refractivity contribution in [1.82, 2.24) is 9.94 Å². The van der Waals surface area contributed by atoms with Crippen LogP contribution in [0.25, 0.3) is 11.1 Å². The SMILES string of the molecule is Fc1ccc(C=Nc2ccccc2-c2cnn(OCc3ccccc3)c2)cc1. The van der Waals surface area contributed by atoms with E-state index in [1.54, 1.807) is 24.5 Å². The molecule has 1 aromatic heterocycles. The van der Waals surface area contributed by atoms with E-state index in [4.69, 9.17) is 4.84 Å². The second-order valence-electron chi connectivity index (χ2n) is 6.22. The first kappa shape index (κ1) is 17.7. The third-order valence-electron chi connectivity index (χ3n) is 4.20. The molecule has 4 aromatic rings. The molecule has 0 atom stereocenters. The number of para-hydroxylation sites is 1. The number of benzene rings is 3. The lowest BCUT2D eigenvalue weighted by Crippen LogP contribution is -2.11. The molecule has 4 rings (SSSR count). The van der Waals surface area contributed by atoms with Crippen LogP contribution in [0.2, 0.25) is 0 Å². The van der Waals surface area contributed by atoms with Crippen LogP contribution in [0, 0.1) is 5.82 Å². The van der Waals surface area contributed by atoms with E-state index >= 15 is 0 Å². The van der Waals surface area contributed by atoms with Crippen LogP contribution in [0.15, 0.2) is 96.2 Å². The van der Waals surface area contributed by atoms with Crippen LogP contribution in [0.3, 0.4) is 0 Å². The highest BCUT2D eigenvalue weighted by atomic mass is 19.1. The van der Waals surface area contributed by atoms with E-state index in [1.165, 1.54) is 17.0 Å². The van der Waals surface area contributed by atoms with Crippen molar-refractivity contribution in [3.05, 3.63) is 108 Å². The maximum absolute atomic E-state index is 13.0. The summed E-state index contributed by atoms with van der Waals surface area (Å²) in [5.41, 5.74) is 4.55. The van der Waals surface area contributed by atoms with Crippen LogP contribution in [-0.2, 0) is 6.61 Å². The largest absolute Gasteiger partial charge is 0.392 e. The Hall–Kier alpha value is -3.73. The molecule has 138 valence electrons. The first-order valence-electron chi connectivity index (χ1n) is 8.89. The third kappa shape index (κ3) is 4.32. The molecule has 5 heteroatoms. The highest BCUT2D eigenvalue weighted by Crippen LogP contribution is 2.29. The molecule has 0 fully saturated rings. The number of rotatable bonds is 6. The van der Waals surface area contributed by atoms with Gasteiger partial charge in [-0.3, -0.25) is 4.99 Å². The first-order chi connectivity index (χ1) is 13.8. The van der Waals surface area contributed by atoms with E-state index in [2.05, 4.69) is 10.1 Å². The summed E-state index contributed by atoms with van der Waals surface area (Å²) in [6, 6.07) is 23.9. The lowest BCUT2D eigenvalue weighted by molar-refractivity contribution is 0.0701. The summed E-state index contributed by atoms with van der Waals surface area (Å²) >= 11 is 0. The molecule has 0 saturated carbocycles. The topological polar surface area (TPSA) is 39.4 Å². The van der Waals surface area contributed by atoms with Crippen molar-refractivity contribution in [2.75, 3.05) is 0 Å². The second kappa shape index (κ2) is 8.31. The Bertz CT molecular complexity index is 1070. The second-order valence-corrected chi connectivity index (χ2v) is 6.22. The van der Waals surface area contributed by atoms with Crippen molar-refractivity contribution in [3.63, 3.8) is 0 Å². The number of aliphatic imine (C=N–C) groups is 1. The monoisotopic (exact) mass is 371 g/mol. The van der Waals surface area contributed by atoms with Gasteiger partial charge in [0.15, 0.2) is 0 Å². The summed E-state index contributed by atoms with van der Waals surface area (Å²) in [5.74, 6) is -0.263. The molecule has 0 amide bonds. The van der Waals surface area contributed by atoms with Gasteiger partial charge in [-0.1, -0.05) is 60.7 Å². The Morgan fingerprint density at radius 3 is 2.50 bits per heavy atom. The average Bonchev–Trinajstić information content (AvgIpc) is 3.22. The average molecular weight is 371 g/mol. The fourth-order valence-electron chi connectivity index (χ4n) is 2.75. The van der Waals surface area contributed by atoms with Crippen LogP contribution >= 0.6 is 0 Å². The van der Waals surface area contributed by atoms with E-state index in [9.17, 15) is 4.39 Å². The minimum Gasteiger partial charge on any atom is -0.392 e. The fourth-order valence-corrected chi connectivity index (χ4v) is 2.75. The zero-order valence-electron chi connectivity index (χ0n) is 15.1. The maximum Gasteiger partial charge on any atom is 0.142 e. The van der Waals surface area contributed by atoms with Gasteiger partial charge >= 0.3 is 0 Å². The lowest BCUT2D eigenvalue weighted by Gasteiger charge is -2.05. The fraction of sp³-hybridized carbons (Fsp3) is 0.0435. The van der Waals surface area contributed by atoms with Crippen molar-refractivity contribution in [2.24, 2.45) is 4.99 Å². The molecule has 0 spiro atoms. The van der Waals surface area contributed by atoms with E-state index < -0.39 is 0 Å². The Kier molecular flexibility index (Phi) is 5.24. The standard InChI is InChI=1S/C23H18FN3O/c24-21-12-10-18(11-13-21)14-25-23-9-5-4-8-22(23)20-15-26-27(16-20)28-17-19-6-2-1-3-7-19/h1-16H,17H2. The molecular weight excluding hydrogens is 353 g/mol. The summed E-state index contributed by atoms with van der Waals surface area (Å²) in [6.07, 6.45) is 5.29. The van der Waals surface area contributed by atoms with Gasteiger partial charge in [-0.2, -0.15) is 0 Å². The van der Waals surface area contributed by atoms with Crippen LogP contribution in [-0.4, -0.2) is 16.2 Å². The molecule has 0 aliphatic heterocycles. The zero-order valence-corrected chi connectivity index (χ0v) is 15.1. The van der Waals surface area contributed by atoms with E-state index in [-0.39, 0.29) is 5.82 Å². The number of nitrogens with zero attached hydrogens (tertiary/aromatic N) is 3. The van der Waals surface area contributed by atoms with Crippen molar-refractivity contribution in [1.29, 1.82) is 0 Å². The van der Waals surface area contributed by atoms with Gasteiger partial charge < -0.3 is 4.84 Å². The molecule has 0 saturated heterocycles. The first-order valence-corrected chi connectivity index (χ1v) is 8.89. The number of halogens is 1. The molecule has 28 heavy (non-hydrogen) atoms. The summed E-state index contributed by atoms with van der Waals surface area (Å²) in [7, 11) is 0. The molecule has 0 aliphatic rings. The maximum atomic E-state index is 13.0. The van der Waals surface area contributed by atoms with Gasteiger partial charge in [0.25, 0.3) is 0 Å². The van der Waals surface area contributed by atoms with E-state index in [0.29, 0.717) is 6.61 Å². The molecule has 0 radical (unpaired) electrons. The van der Waals surface area contributed by atoms with Crippen LogP contribution in [0.4, 0.5) is 10.1 Å². The van der Waals surface area contributed by atoms with Crippen LogP contribution in [0.5, 0.6) is 0 Å². The van der Waals surface area contributed by atoms with Gasteiger partial charge in [0.2, 0.25) is 0 Å². The highest BCUT2D eigenvalue weighted by molar-refractivity contribution is 5.85. The molecule has 0 aliphatic carbocycles. The van der Waals surface area contributed by atoms with E-state index in [1.807, 2.05) is 60.8 Å². The lowest BCUT2D eigenvalue weighted by atomic mass is 10.1. The van der Waals surface area contributed by atoms with Crippen molar-refractivity contribution in [3.8, 4) is 11.1 Å². The molecular formula is C23H18FN3O. The minimum absolute atomic E-state index is 0.263. The molecule has 0 bridgehead atoms. The molecule has 1 heterocycles.